The maximum atomic E-state index is 13.1. The minimum absolute atomic E-state index is 0.0215. The van der Waals surface area contributed by atoms with Gasteiger partial charge in [0.2, 0.25) is 0 Å². The summed E-state index contributed by atoms with van der Waals surface area (Å²) in [6.07, 6.45) is 0. The Bertz CT molecular complexity index is 379. The third-order valence-corrected chi connectivity index (χ3v) is 1.53. The molecule has 2 N–H and O–H groups in total. The summed E-state index contributed by atoms with van der Waals surface area (Å²) >= 11 is 5.25. The van der Waals surface area contributed by atoms with Crippen LogP contribution in [0.4, 0.5) is 14.5 Å². The molecule has 0 aliphatic carbocycles. The van der Waals surface area contributed by atoms with Crippen molar-refractivity contribution in [3.63, 3.8) is 0 Å². The molecule has 0 heterocycles. The van der Waals surface area contributed by atoms with Crippen molar-refractivity contribution in [3.8, 4) is 11.8 Å². The Balaban J connectivity index is 3.25. The van der Waals surface area contributed by atoms with Gasteiger partial charge in [-0.05, 0) is 12.1 Å². The van der Waals surface area contributed by atoms with Gasteiger partial charge in [-0.1, -0.05) is 11.8 Å². The SMILES string of the molecule is Nc1ccc(F)c(C#CCCl)c1F. The lowest BCUT2D eigenvalue weighted by atomic mass is 10.2. The number of alkyl halides is 1. The molecule has 4 heteroatoms. The van der Waals surface area contributed by atoms with Crippen LogP contribution in [0.2, 0.25) is 0 Å². The Labute approximate surface area is 79.5 Å². The van der Waals surface area contributed by atoms with E-state index in [1.165, 1.54) is 0 Å². The summed E-state index contributed by atoms with van der Waals surface area (Å²) in [6, 6.07) is 2.22. The first-order valence-corrected chi connectivity index (χ1v) is 3.98. The van der Waals surface area contributed by atoms with Gasteiger partial charge >= 0.3 is 0 Å². The molecule has 0 atom stereocenters. The van der Waals surface area contributed by atoms with Crippen LogP contribution < -0.4 is 5.73 Å². The average Bonchev–Trinajstić information content (AvgIpc) is 2.12. The van der Waals surface area contributed by atoms with Crippen LogP contribution in [0.3, 0.4) is 0 Å². The molecule has 0 bridgehead atoms. The van der Waals surface area contributed by atoms with Gasteiger partial charge in [0.15, 0.2) is 5.82 Å². The Kier molecular flexibility index (Phi) is 3.10. The zero-order valence-electron chi connectivity index (χ0n) is 6.57. The highest BCUT2D eigenvalue weighted by Crippen LogP contribution is 2.17. The third kappa shape index (κ3) is 2.10. The Morgan fingerprint density at radius 3 is 2.69 bits per heavy atom. The summed E-state index contributed by atoms with van der Waals surface area (Å²) in [5.41, 5.74) is 4.76. The van der Waals surface area contributed by atoms with E-state index in [0.29, 0.717) is 0 Å². The molecule has 0 unspecified atom stereocenters. The van der Waals surface area contributed by atoms with Crippen molar-refractivity contribution in [2.75, 3.05) is 11.6 Å². The average molecular weight is 202 g/mol. The number of anilines is 1. The van der Waals surface area contributed by atoms with Crippen molar-refractivity contribution in [2.24, 2.45) is 0 Å². The molecule has 1 rings (SSSR count). The highest BCUT2D eigenvalue weighted by Gasteiger charge is 2.08. The molecule has 13 heavy (non-hydrogen) atoms. The van der Waals surface area contributed by atoms with E-state index >= 15 is 0 Å². The molecule has 0 aliphatic rings. The first kappa shape index (κ1) is 9.82. The maximum absolute atomic E-state index is 13.1. The summed E-state index contributed by atoms with van der Waals surface area (Å²) in [6.45, 7) is 0. The highest BCUT2D eigenvalue weighted by atomic mass is 35.5. The summed E-state index contributed by atoms with van der Waals surface area (Å²) < 4.78 is 26.0. The molecule has 68 valence electrons. The fourth-order valence-corrected chi connectivity index (χ4v) is 0.872. The van der Waals surface area contributed by atoms with Gasteiger partial charge in [-0.15, -0.1) is 11.6 Å². The lowest BCUT2D eigenvalue weighted by molar-refractivity contribution is 0.580. The molecule has 0 saturated carbocycles. The summed E-state index contributed by atoms with van der Waals surface area (Å²) in [4.78, 5) is 0. The lowest BCUT2D eigenvalue weighted by Crippen LogP contribution is -1.96. The Morgan fingerprint density at radius 2 is 2.08 bits per heavy atom. The molecule has 0 aliphatic heterocycles. The van der Waals surface area contributed by atoms with Crippen LogP contribution in [0.15, 0.2) is 12.1 Å². The molecule has 1 aromatic carbocycles. The minimum atomic E-state index is -0.836. The number of benzene rings is 1. The van der Waals surface area contributed by atoms with Crippen molar-refractivity contribution in [3.05, 3.63) is 29.3 Å². The van der Waals surface area contributed by atoms with Crippen molar-refractivity contribution in [1.82, 2.24) is 0 Å². The molecule has 0 aromatic heterocycles. The molecular formula is C9H6ClF2N. The van der Waals surface area contributed by atoms with Gasteiger partial charge < -0.3 is 5.73 Å². The third-order valence-electron chi connectivity index (χ3n) is 1.40. The van der Waals surface area contributed by atoms with Gasteiger partial charge in [-0.2, -0.15) is 0 Å². The van der Waals surface area contributed by atoms with Gasteiger partial charge in [0.05, 0.1) is 17.1 Å². The number of rotatable bonds is 0. The van der Waals surface area contributed by atoms with Crippen molar-refractivity contribution in [2.45, 2.75) is 0 Å². The number of nitrogen functional groups attached to an aromatic ring is 1. The summed E-state index contributed by atoms with van der Waals surface area (Å²) in [7, 11) is 0. The van der Waals surface area contributed by atoms with E-state index in [1.54, 1.807) is 0 Å². The molecular weight excluding hydrogens is 196 g/mol. The second-order valence-corrected chi connectivity index (χ2v) is 2.53. The summed E-state index contributed by atoms with van der Waals surface area (Å²) in [5.74, 6) is 3.07. The number of hydrogen-bond acceptors (Lipinski definition) is 1. The van der Waals surface area contributed by atoms with Crippen LogP contribution in [-0.4, -0.2) is 5.88 Å². The van der Waals surface area contributed by atoms with Crippen LogP contribution in [-0.2, 0) is 0 Å². The lowest BCUT2D eigenvalue weighted by Gasteiger charge is -1.99. The van der Waals surface area contributed by atoms with Gasteiger partial charge in [-0.25, -0.2) is 8.78 Å². The van der Waals surface area contributed by atoms with E-state index in [-0.39, 0.29) is 17.1 Å². The number of hydrogen-bond donors (Lipinski definition) is 1. The summed E-state index contributed by atoms with van der Waals surface area (Å²) in [5, 5.41) is 0. The van der Waals surface area contributed by atoms with Gasteiger partial charge in [-0.3, -0.25) is 0 Å². The predicted octanol–water partition coefficient (Wildman–Crippen LogP) is 2.14. The molecule has 1 nitrogen and oxygen atoms in total. The topological polar surface area (TPSA) is 26.0 Å². The van der Waals surface area contributed by atoms with E-state index < -0.39 is 11.6 Å². The minimum Gasteiger partial charge on any atom is -0.396 e. The van der Waals surface area contributed by atoms with Crippen molar-refractivity contribution >= 4 is 17.3 Å². The van der Waals surface area contributed by atoms with Crippen molar-refractivity contribution < 1.29 is 8.78 Å². The molecule has 0 amide bonds. The fraction of sp³-hybridized carbons (Fsp3) is 0.111. The second-order valence-electron chi connectivity index (χ2n) is 2.26. The van der Waals surface area contributed by atoms with E-state index in [1.807, 2.05) is 0 Å². The molecule has 0 saturated heterocycles. The van der Waals surface area contributed by atoms with Gasteiger partial charge in [0, 0.05) is 0 Å². The van der Waals surface area contributed by atoms with Gasteiger partial charge in [0.1, 0.15) is 5.82 Å². The first-order valence-electron chi connectivity index (χ1n) is 3.45. The van der Waals surface area contributed by atoms with E-state index in [9.17, 15) is 8.78 Å². The monoisotopic (exact) mass is 201 g/mol. The number of nitrogens with two attached hydrogens (primary N) is 1. The zero-order chi connectivity index (χ0) is 9.84. The number of halogens is 3. The van der Waals surface area contributed by atoms with Crippen LogP contribution >= 0.6 is 11.6 Å². The normalized spacial score (nSPS) is 9.15. The van der Waals surface area contributed by atoms with Crippen LogP contribution in [0, 0.1) is 23.5 Å². The maximum Gasteiger partial charge on any atom is 0.164 e. The molecule has 0 fully saturated rings. The Hall–Kier alpha value is -1.27. The van der Waals surface area contributed by atoms with Crippen LogP contribution in [0.25, 0.3) is 0 Å². The standard InChI is InChI=1S/C9H6ClF2N/c10-5-1-2-6-7(11)3-4-8(13)9(6)12/h3-4H,5,13H2. The van der Waals surface area contributed by atoms with E-state index in [2.05, 4.69) is 11.8 Å². The largest absolute Gasteiger partial charge is 0.396 e. The smallest absolute Gasteiger partial charge is 0.164 e. The second kappa shape index (κ2) is 4.11. The molecule has 0 spiro atoms. The molecule has 0 radical (unpaired) electrons. The zero-order valence-corrected chi connectivity index (χ0v) is 7.33. The first-order chi connectivity index (χ1) is 6.16. The predicted molar refractivity (Wildman–Crippen MR) is 48.4 cm³/mol. The van der Waals surface area contributed by atoms with E-state index in [4.69, 9.17) is 17.3 Å². The van der Waals surface area contributed by atoms with Crippen LogP contribution in [0.5, 0.6) is 0 Å². The van der Waals surface area contributed by atoms with Crippen molar-refractivity contribution in [1.29, 1.82) is 0 Å². The molecule has 1 aromatic rings. The van der Waals surface area contributed by atoms with E-state index in [0.717, 1.165) is 12.1 Å². The Morgan fingerprint density at radius 1 is 1.38 bits per heavy atom. The highest BCUT2D eigenvalue weighted by molar-refractivity contribution is 6.19. The fourth-order valence-electron chi connectivity index (χ4n) is 0.805. The van der Waals surface area contributed by atoms with Gasteiger partial charge in [0.25, 0.3) is 0 Å². The van der Waals surface area contributed by atoms with Crippen LogP contribution in [0.1, 0.15) is 5.56 Å². The quantitative estimate of drug-likeness (QED) is 0.389.